The van der Waals surface area contributed by atoms with Crippen LogP contribution in [0.2, 0.25) is 0 Å². The lowest BCUT2D eigenvalue weighted by atomic mass is 10.2. The first-order chi connectivity index (χ1) is 11.6. The molecule has 0 bridgehead atoms. The van der Waals surface area contributed by atoms with Gasteiger partial charge in [0, 0.05) is 10.6 Å². The van der Waals surface area contributed by atoms with Crippen LogP contribution < -0.4 is 14.2 Å². The zero-order chi connectivity index (χ0) is 17.5. The fourth-order valence-corrected chi connectivity index (χ4v) is 3.60. The van der Waals surface area contributed by atoms with Gasteiger partial charge in [0.1, 0.15) is 0 Å². The zero-order valence-electron chi connectivity index (χ0n) is 13.6. The first-order valence-electron chi connectivity index (χ1n) is 6.99. The number of hydrogen-bond acceptors (Lipinski definition) is 6. The average Bonchev–Trinajstić information content (AvgIpc) is 3.10. The summed E-state index contributed by atoms with van der Waals surface area (Å²) in [6.07, 6.45) is 1.68. The van der Waals surface area contributed by atoms with Crippen LogP contribution in [0.5, 0.6) is 17.2 Å². The van der Waals surface area contributed by atoms with Crippen molar-refractivity contribution >= 4 is 35.1 Å². The molecule has 24 heavy (non-hydrogen) atoms. The van der Waals surface area contributed by atoms with Crippen LogP contribution in [0.4, 0.5) is 0 Å². The van der Waals surface area contributed by atoms with Crippen molar-refractivity contribution in [3.8, 4) is 17.2 Å². The van der Waals surface area contributed by atoms with Crippen molar-refractivity contribution in [2.75, 3.05) is 21.3 Å². The van der Waals surface area contributed by atoms with Gasteiger partial charge < -0.3 is 19.3 Å². The van der Waals surface area contributed by atoms with Crippen molar-refractivity contribution in [3.05, 3.63) is 45.0 Å². The molecule has 128 valence electrons. The van der Waals surface area contributed by atoms with E-state index >= 15 is 0 Å². The first-order valence-corrected chi connectivity index (χ1v) is 8.85. The Morgan fingerprint density at radius 3 is 2.33 bits per heavy atom. The minimum atomic E-state index is -0.944. The van der Waals surface area contributed by atoms with Gasteiger partial charge in [-0.05, 0) is 35.2 Å². The molecule has 0 aliphatic heterocycles. The van der Waals surface area contributed by atoms with Crippen molar-refractivity contribution in [1.82, 2.24) is 0 Å². The monoisotopic (exact) mass is 366 g/mol. The van der Waals surface area contributed by atoms with Crippen molar-refractivity contribution in [3.63, 3.8) is 0 Å². The second-order valence-electron chi connectivity index (χ2n) is 4.65. The summed E-state index contributed by atoms with van der Waals surface area (Å²) in [4.78, 5) is 12.6. The number of thiophene rings is 1. The predicted molar refractivity (Wildman–Crippen MR) is 97.3 cm³/mol. The van der Waals surface area contributed by atoms with Crippen molar-refractivity contribution < 1.29 is 24.1 Å². The van der Waals surface area contributed by atoms with Crippen LogP contribution in [0.1, 0.15) is 10.4 Å². The highest BCUT2D eigenvalue weighted by molar-refractivity contribution is 8.03. The molecule has 0 fully saturated rings. The molecule has 2 rings (SSSR count). The summed E-state index contributed by atoms with van der Waals surface area (Å²) in [5, 5.41) is 11.3. The molecule has 0 radical (unpaired) electrons. The Balaban J connectivity index is 2.22. The molecule has 0 amide bonds. The lowest BCUT2D eigenvalue weighted by molar-refractivity contribution is -0.131. The summed E-state index contributed by atoms with van der Waals surface area (Å²) in [6.45, 7) is 0. The Bertz CT molecular complexity index is 698. The van der Waals surface area contributed by atoms with Gasteiger partial charge in [-0.15, -0.1) is 23.1 Å². The number of rotatable bonds is 8. The number of carbonyl (C=O) groups is 1. The predicted octanol–water partition coefficient (Wildman–Crippen LogP) is 4.13. The third-order valence-corrected chi connectivity index (χ3v) is 5.05. The highest BCUT2D eigenvalue weighted by Crippen LogP contribution is 2.39. The topological polar surface area (TPSA) is 65.0 Å². The molecule has 5 nitrogen and oxygen atoms in total. The van der Waals surface area contributed by atoms with E-state index in [0.717, 1.165) is 10.4 Å². The minimum absolute atomic E-state index is 0.284. The smallest absolute Gasteiger partial charge is 0.342 e. The van der Waals surface area contributed by atoms with Gasteiger partial charge in [0.2, 0.25) is 5.75 Å². The summed E-state index contributed by atoms with van der Waals surface area (Å²) in [7, 11) is 4.64. The molecule has 7 heteroatoms. The van der Waals surface area contributed by atoms with Gasteiger partial charge in [0.05, 0.1) is 26.2 Å². The van der Waals surface area contributed by atoms with Gasteiger partial charge >= 0.3 is 5.97 Å². The number of aliphatic carboxylic acids is 1. The molecular weight excluding hydrogens is 348 g/mol. The second-order valence-corrected chi connectivity index (χ2v) is 6.65. The minimum Gasteiger partial charge on any atom is -0.493 e. The zero-order valence-corrected chi connectivity index (χ0v) is 15.2. The number of thioether (sulfide) groups is 1. The lowest BCUT2D eigenvalue weighted by Crippen LogP contribution is -1.99. The van der Waals surface area contributed by atoms with E-state index in [1.165, 1.54) is 23.1 Å². The quantitative estimate of drug-likeness (QED) is 0.709. The standard InChI is InChI=1S/C17H18O5S2/c1-20-13-7-11(8-14(21-2)16(13)22-3)10-24-15(17(18)19)9-12-5-4-6-23-12/h4-9H,10H2,1-3H3,(H,18,19)/b15-9-. The summed E-state index contributed by atoms with van der Waals surface area (Å²) in [6, 6.07) is 7.41. The second kappa shape index (κ2) is 8.65. The SMILES string of the molecule is COc1cc(CS/C(=C\c2cccs2)C(=O)O)cc(OC)c1OC. The molecule has 0 aliphatic carbocycles. The maximum absolute atomic E-state index is 11.4. The van der Waals surface area contributed by atoms with Gasteiger partial charge in [-0.25, -0.2) is 4.79 Å². The van der Waals surface area contributed by atoms with E-state index in [0.29, 0.717) is 23.0 Å². The summed E-state index contributed by atoms with van der Waals surface area (Å²) in [5.74, 6) is 1.14. The number of benzene rings is 1. The first kappa shape index (κ1) is 18.2. The average molecular weight is 366 g/mol. The lowest BCUT2D eigenvalue weighted by Gasteiger charge is -2.14. The van der Waals surface area contributed by atoms with Gasteiger partial charge in [-0.1, -0.05) is 6.07 Å². The van der Waals surface area contributed by atoms with E-state index in [2.05, 4.69) is 0 Å². The normalized spacial score (nSPS) is 11.2. The van der Waals surface area contributed by atoms with E-state index < -0.39 is 5.97 Å². The number of carboxylic acids is 1. The molecule has 2 aromatic rings. The molecule has 0 aliphatic rings. The highest BCUT2D eigenvalue weighted by atomic mass is 32.2. The summed E-state index contributed by atoms with van der Waals surface area (Å²) in [5.41, 5.74) is 0.882. The molecule has 0 saturated heterocycles. The number of ether oxygens (including phenoxy) is 3. The van der Waals surface area contributed by atoms with Crippen LogP contribution in [0.15, 0.2) is 34.6 Å². The van der Waals surface area contributed by atoms with Gasteiger partial charge in [0.25, 0.3) is 0 Å². The highest BCUT2D eigenvalue weighted by Gasteiger charge is 2.15. The molecule has 0 saturated carbocycles. The Labute approximate surface area is 148 Å². The van der Waals surface area contributed by atoms with Crippen LogP contribution in [0.25, 0.3) is 6.08 Å². The molecule has 1 N–H and O–H groups in total. The van der Waals surface area contributed by atoms with Crippen LogP contribution in [-0.2, 0) is 10.5 Å². The number of hydrogen-bond donors (Lipinski definition) is 1. The van der Waals surface area contributed by atoms with E-state index in [9.17, 15) is 9.90 Å². The van der Waals surface area contributed by atoms with E-state index in [1.807, 2.05) is 29.6 Å². The van der Waals surface area contributed by atoms with Gasteiger partial charge in [-0.2, -0.15) is 0 Å². The summed E-state index contributed by atoms with van der Waals surface area (Å²) < 4.78 is 15.9. The third-order valence-electron chi connectivity index (χ3n) is 3.15. The van der Waals surface area contributed by atoms with Crippen LogP contribution in [0, 0.1) is 0 Å². The fraction of sp³-hybridized carbons (Fsp3) is 0.235. The van der Waals surface area contributed by atoms with E-state index in [4.69, 9.17) is 14.2 Å². The van der Waals surface area contributed by atoms with Crippen molar-refractivity contribution in [1.29, 1.82) is 0 Å². The van der Waals surface area contributed by atoms with Gasteiger partial charge in [-0.3, -0.25) is 0 Å². The van der Waals surface area contributed by atoms with E-state index in [-0.39, 0.29) is 4.91 Å². The molecule has 1 heterocycles. The molecule has 0 atom stereocenters. The maximum Gasteiger partial charge on any atom is 0.342 e. The molecule has 0 spiro atoms. The molecule has 0 unspecified atom stereocenters. The van der Waals surface area contributed by atoms with Crippen LogP contribution in [-0.4, -0.2) is 32.4 Å². The molecular formula is C17H18O5S2. The van der Waals surface area contributed by atoms with E-state index in [1.54, 1.807) is 27.4 Å². The van der Waals surface area contributed by atoms with Crippen LogP contribution >= 0.6 is 23.1 Å². The number of carboxylic acid groups (broad SMARTS) is 1. The fourth-order valence-electron chi connectivity index (χ4n) is 2.05. The Kier molecular flexibility index (Phi) is 6.57. The Morgan fingerprint density at radius 1 is 1.21 bits per heavy atom. The molecule has 1 aromatic heterocycles. The van der Waals surface area contributed by atoms with Crippen molar-refractivity contribution in [2.24, 2.45) is 0 Å². The largest absolute Gasteiger partial charge is 0.493 e. The van der Waals surface area contributed by atoms with Gasteiger partial charge in [0.15, 0.2) is 11.5 Å². The van der Waals surface area contributed by atoms with Crippen LogP contribution in [0.3, 0.4) is 0 Å². The number of methoxy groups -OCH3 is 3. The third kappa shape index (κ3) is 4.46. The maximum atomic E-state index is 11.4. The van der Waals surface area contributed by atoms with Crippen molar-refractivity contribution in [2.45, 2.75) is 5.75 Å². The Morgan fingerprint density at radius 2 is 1.88 bits per heavy atom. The summed E-state index contributed by atoms with van der Waals surface area (Å²) >= 11 is 2.75. The molecule has 1 aromatic carbocycles. The Hall–Kier alpha value is -2.12.